The predicted molar refractivity (Wildman–Crippen MR) is 74.1 cm³/mol. The summed E-state index contributed by atoms with van der Waals surface area (Å²) in [5.74, 6) is 5.95. The van der Waals surface area contributed by atoms with Crippen LogP contribution in [0.2, 0.25) is 0 Å². The molecule has 1 aromatic heterocycles. The molecular formula is C11H16N6O2S. The fourth-order valence-electron chi connectivity index (χ4n) is 1.64. The summed E-state index contributed by atoms with van der Waals surface area (Å²) in [6.07, 6.45) is 2.04. The van der Waals surface area contributed by atoms with Crippen molar-refractivity contribution in [2.45, 2.75) is 11.3 Å². The number of benzene rings is 1. The number of aryl methyl sites for hydroxylation is 1. The minimum atomic E-state index is -3.53. The van der Waals surface area contributed by atoms with Gasteiger partial charge in [-0.25, -0.2) is 13.1 Å². The number of sulfonamides is 1. The lowest BCUT2D eigenvalue weighted by molar-refractivity contribution is 0.580. The first-order valence-electron chi connectivity index (χ1n) is 5.92. The normalized spacial score (nSPS) is 11.5. The molecule has 0 aliphatic heterocycles. The van der Waals surface area contributed by atoms with Gasteiger partial charge in [0.05, 0.1) is 4.90 Å². The Morgan fingerprint density at radius 2 is 2.00 bits per heavy atom. The number of hydrogen-bond donors (Lipinski definition) is 3. The third-order valence-electron chi connectivity index (χ3n) is 2.78. The van der Waals surface area contributed by atoms with Gasteiger partial charge in [0.25, 0.3) is 0 Å². The molecule has 1 aromatic carbocycles. The van der Waals surface area contributed by atoms with Crippen LogP contribution >= 0.6 is 0 Å². The molecule has 0 radical (unpaired) electrons. The Morgan fingerprint density at radius 3 is 2.55 bits per heavy atom. The molecular weight excluding hydrogens is 280 g/mol. The van der Waals surface area contributed by atoms with E-state index in [0.717, 1.165) is 5.82 Å². The Kier molecular flexibility index (Phi) is 4.32. The zero-order chi connectivity index (χ0) is 14.6. The molecule has 0 saturated heterocycles. The molecule has 0 unspecified atom stereocenters. The first-order valence-corrected chi connectivity index (χ1v) is 7.40. The number of rotatable bonds is 6. The zero-order valence-electron chi connectivity index (χ0n) is 10.9. The number of nitrogens with one attached hydrogen (secondary N) is 2. The number of nitrogen functional groups attached to an aromatic ring is 1. The number of hydrazine groups is 1. The van der Waals surface area contributed by atoms with Gasteiger partial charge < -0.3 is 9.99 Å². The van der Waals surface area contributed by atoms with Gasteiger partial charge in [-0.2, -0.15) is 0 Å². The van der Waals surface area contributed by atoms with E-state index in [-0.39, 0.29) is 11.4 Å². The molecule has 20 heavy (non-hydrogen) atoms. The Balaban J connectivity index is 1.98. The van der Waals surface area contributed by atoms with Crippen LogP contribution in [0.25, 0.3) is 0 Å². The Labute approximate surface area is 117 Å². The van der Waals surface area contributed by atoms with Gasteiger partial charge in [-0.15, -0.1) is 10.2 Å². The van der Waals surface area contributed by atoms with Crippen molar-refractivity contribution in [3.05, 3.63) is 36.4 Å². The molecule has 0 aliphatic rings. The molecule has 0 aliphatic carbocycles. The Hall–Kier alpha value is -1.97. The van der Waals surface area contributed by atoms with Crippen molar-refractivity contribution < 1.29 is 8.42 Å². The van der Waals surface area contributed by atoms with Gasteiger partial charge in [0.1, 0.15) is 12.2 Å². The molecule has 2 aromatic rings. The van der Waals surface area contributed by atoms with Crippen LogP contribution < -0.4 is 16.0 Å². The third-order valence-corrected chi connectivity index (χ3v) is 4.25. The summed E-state index contributed by atoms with van der Waals surface area (Å²) in [4.78, 5) is 0.189. The smallest absolute Gasteiger partial charge is 0.240 e. The average Bonchev–Trinajstić information content (AvgIpc) is 2.84. The number of nitrogens with two attached hydrogens (primary N) is 1. The van der Waals surface area contributed by atoms with E-state index < -0.39 is 10.0 Å². The van der Waals surface area contributed by atoms with Crippen LogP contribution in [0.3, 0.4) is 0 Å². The summed E-state index contributed by atoms with van der Waals surface area (Å²) >= 11 is 0. The van der Waals surface area contributed by atoms with E-state index in [4.69, 9.17) is 5.84 Å². The van der Waals surface area contributed by atoms with Crippen molar-refractivity contribution in [1.82, 2.24) is 19.5 Å². The van der Waals surface area contributed by atoms with E-state index in [2.05, 4.69) is 20.3 Å². The molecule has 0 spiro atoms. The van der Waals surface area contributed by atoms with Crippen LogP contribution in [0, 0.1) is 0 Å². The number of anilines is 1. The van der Waals surface area contributed by atoms with Gasteiger partial charge >= 0.3 is 0 Å². The van der Waals surface area contributed by atoms with Gasteiger partial charge in [-0.1, -0.05) is 0 Å². The van der Waals surface area contributed by atoms with Crippen molar-refractivity contribution >= 4 is 15.7 Å². The first kappa shape index (κ1) is 14.4. The lowest BCUT2D eigenvalue weighted by Gasteiger charge is -2.07. The minimum absolute atomic E-state index is 0.189. The van der Waals surface area contributed by atoms with Gasteiger partial charge in [0.15, 0.2) is 0 Å². The Morgan fingerprint density at radius 1 is 1.30 bits per heavy atom. The fourth-order valence-corrected chi connectivity index (χ4v) is 2.68. The molecule has 0 atom stereocenters. The SMILES string of the molecule is Cn1cnnc1CCNS(=O)(=O)c1ccc(NN)cc1. The maximum Gasteiger partial charge on any atom is 0.240 e. The quantitative estimate of drug-likeness (QED) is 0.494. The van der Waals surface area contributed by atoms with E-state index in [1.807, 2.05) is 7.05 Å². The number of aromatic nitrogens is 3. The first-order chi connectivity index (χ1) is 9.53. The summed E-state index contributed by atoms with van der Waals surface area (Å²) < 4.78 is 28.3. The second-order valence-corrected chi connectivity index (χ2v) is 5.94. The van der Waals surface area contributed by atoms with Crippen LogP contribution in [0.15, 0.2) is 35.5 Å². The molecule has 0 amide bonds. The predicted octanol–water partition coefficient (Wildman–Crippen LogP) is -0.378. The summed E-state index contributed by atoms with van der Waals surface area (Å²) in [5.41, 5.74) is 3.08. The number of hydrogen-bond acceptors (Lipinski definition) is 6. The largest absolute Gasteiger partial charge is 0.324 e. The zero-order valence-corrected chi connectivity index (χ0v) is 11.8. The van der Waals surface area contributed by atoms with Crippen molar-refractivity contribution in [3.8, 4) is 0 Å². The standard InChI is InChI=1S/C11H16N6O2S/c1-17-8-13-16-11(17)6-7-14-20(18,19)10-4-2-9(15-12)3-5-10/h2-5,8,14-15H,6-7,12H2,1H3. The van der Waals surface area contributed by atoms with Crippen molar-refractivity contribution in [2.75, 3.05) is 12.0 Å². The molecule has 2 rings (SSSR count). The lowest BCUT2D eigenvalue weighted by atomic mass is 10.3. The van der Waals surface area contributed by atoms with E-state index >= 15 is 0 Å². The molecule has 108 valence electrons. The molecule has 9 heteroatoms. The van der Waals surface area contributed by atoms with Crippen LogP contribution in [-0.4, -0.2) is 29.7 Å². The van der Waals surface area contributed by atoms with Crippen LogP contribution in [0.5, 0.6) is 0 Å². The second-order valence-electron chi connectivity index (χ2n) is 4.17. The molecule has 1 heterocycles. The second kappa shape index (κ2) is 5.99. The fraction of sp³-hybridized carbons (Fsp3) is 0.273. The third kappa shape index (κ3) is 3.32. The minimum Gasteiger partial charge on any atom is -0.324 e. The summed E-state index contributed by atoms with van der Waals surface area (Å²) in [5, 5.41) is 7.62. The van der Waals surface area contributed by atoms with E-state index in [1.165, 1.54) is 12.1 Å². The summed E-state index contributed by atoms with van der Waals surface area (Å²) in [7, 11) is -1.72. The van der Waals surface area contributed by atoms with Gasteiger partial charge in [0.2, 0.25) is 10.0 Å². The monoisotopic (exact) mass is 296 g/mol. The molecule has 0 fully saturated rings. The number of nitrogens with zero attached hydrogens (tertiary/aromatic N) is 3. The molecule has 8 nitrogen and oxygen atoms in total. The average molecular weight is 296 g/mol. The van der Waals surface area contributed by atoms with Crippen molar-refractivity contribution in [3.63, 3.8) is 0 Å². The van der Waals surface area contributed by atoms with E-state index in [1.54, 1.807) is 23.0 Å². The van der Waals surface area contributed by atoms with Crippen LogP contribution in [0.1, 0.15) is 5.82 Å². The highest BCUT2D eigenvalue weighted by atomic mass is 32.2. The van der Waals surface area contributed by atoms with Crippen molar-refractivity contribution in [1.29, 1.82) is 0 Å². The highest BCUT2D eigenvalue weighted by Gasteiger charge is 2.13. The molecule has 0 saturated carbocycles. The highest BCUT2D eigenvalue weighted by Crippen LogP contribution is 2.12. The van der Waals surface area contributed by atoms with Crippen LogP contribution in [-0.2, 0) is 23.5 Å². The van der Waals surface area contributed by atoms with Gasteiger partial charge in [-0.05, 0) is 24.3 Å². The van der Waals surface area contributed by atoms with Gasteiger partial charge in [0, 0.05) is 25.7 Å². The summed E-state index contributed by atoms with van der Waals surface area (Å²) in [6.45, 7) is 0.256. The Bertz CT molecular complexity index is 664. The maximum atomic E-state index is 12.0. The maximum absolute atomic E-state index is 12.0. The lowest BCUT2D eigenvalue weighted by Crippen LogP contribution is -2.26. The van der Waals surface area contributed by atoms with E-state index in [0.29, 0.717) is 12.1 Å². The van der Waals surface area contributed by atoms with Crippen LogP contribution in [0.4, 0.5) is 5.69 Å². The highest BCUT2D eigenvalue weighted by molar-refractivity contribution is 7.89. The van der Waals surface area contributed by atoms with Gasteiger partial charge in [-0.3, -0.25) is 5.84 Å². The van der Waals surface area contributed by atoms with Crippen molar-refractivity contribution in [2.24, 2.45) is 12.9 Å². The molecule has 0 bridgehead atoms. The molecule has 4 N–H and O–H groups in total. The van der Waals surface area contributed by atoms with E-state index in [9.17, 15) is 8.42 Å². The topological polar surface area (TPSA) is 115 Å². The summed E-state index contributed by atoms with van der Waals surface area (Å²) in [6, 6.07) is 6.16.